The highest BCUT2D eigenvalue weighted by Gasteiger charge is 2.26. The summed E-state index contributed by atoms with van der Waals surface area (Å²) in [6.07, 6.45) is 2.00. The van der Waals surface area contributed by atoms with Gasteiger partial charge < -0.3 is 9.84 Å². The summed E-state index contributed by atoms with van der Waals surface area (Å²) >= 11 is 0. The van der Waals surface area contributed by atoms with Gasteiger partial charge in [0, 0.05) is 11.6 Å². The third-order valence-corrected chi connectivity index (χ3v) is 3.63. The molecule has 1 saturated heterocycles. The number of aliphatic hydroxyl groups excluding tert-OH is 1. The lowest BCUT2D eigenvalue weighted by Gasteiger charge is -2.29. The van der Waals surface area contributed by atoms with Crippen molar-refractivity contribution in [1.29, 1.82) is 0 Å². The summed E-state index contributed by atoms with van der Waals surface area (Å²) in [6.45, 7) is 4.27. The average molecular weight is 235 g/mol. The molecule has 1 aromatic carbocycles. The number of rotatable bonds is 4. The molecule has 0 spiro atoms. The highest BCUT2D eigenvalue weighted by Crippen LogP contribution is 2.30. The fourth-order valence-corrected chi connectivity index (χ4v) is 2.52. The van der Waals surface area contributed by atoms with Gasteiger partial charge in [-0.2, -0.15) is 0 Å². The molecule has 17 heavy (non-hydrogen) atoms. The molecule has 1 aromatic rings. The van der Waals surface area contributed by atoms with Crippen molar-refractivity contribution >= 4 is 0 Å². The third kappa shape index (κ3) is 2.61. The summed E-state index contributed by atoms with van der Waals surface area (Å²) in [5.74, 6) is 0.769. The Bertz CT molecular complexity index is 361. The second kappa shape index (κ2) is 5.52. The molecular formula is C14H21NO2. The minimum atomic E-state index is -0.482. The molecule has 3 heteroatoms. The molecule has 2 rings (SSSR count). The second-order valence-corrected chi connectivity index (χ2v) is 4.67. The van der Waals surface area contributed by atoms with E-state index in [9.17, 15) is 5.11 Å². The van der Waals surface area contributed by atoms with E-state index in [1.807, 2.05) is 24.3 Å². The Morgan fingerprint density at radius 2 is 1.88 bits per heavy atom. The van der Waals surface area contributed by atoms with Crippen LogP contribution < -0.4 is 4.74 Å². The molecule has 1 aliphatic heterocycles. The normalized spacial score (nSPS) is 20.2. The van der Waals surface area contributed by atoms with Crippen LogP contribution >= 0.6 is 0 Å². The molecule has 0 bridgehead atoms. The lowest BCUT2D eigenvalue weighted by Crippen LogP contribution is -2.35. The zero-order valence-electron chi connectivity index (χ0n) is 10.6. The van der Waals surface area contributed by atoms with E-state index in [-0.39, 0.29) is 6.04 Å². The first-order valence-corrected chi connectivity index (χ1v) is 6.29. The Morgan fingerprint density at radius 1 is 1.24 bits per heavy atom. The van der Waals surface area contributed by atoms with Gasteiger partial charge in [-0.1, -0.05) is 18.2 Å². The predicted molar refractivity (Wildman–Crippen MR) is 68.2 cm³/mol. The van der Waals surface area contributed by atoms with Gasteiger partial charge in [0.05, 0.1) is 13.2 Å². The number of methoxy groups -OCH3 is 1. The van der Waals surface area contributed by atoms with Gasteiger partial charge in [-0.25, -0.2) is 0 Å². The van der Waals surface area contributed by atoms with Crippen LogP contribution in [0.2, 0.25) is 0 Å². The summed E-state index contributed by atoms with van der Waals surface area (Å²) in [7, 11) is 1.64. The van der Waals surface area contributed by atoms with Gasteiger partial charge in [-0.3, -0.25) is 4.90 Å². The molecule has 3 nitrogen and oxygen atoms in total. The summed E-state index contributed by atoms with van der Waals surface area (Å²) in [4.78, 5) is 2.34. The highest BCUT2D eigenvalue weighted by molar-refractivity contribution is 5.35. The van der Waals surface area contributed by atoms with Crippen LogP contribution in [0.25, 0.3) is 0 Å². The smallest absolute Gasteiger partial charge is 0.124 e. The van der Waals surface area contributed by atoms with E-state index in [0.717, 1.165) is 24.4 Å². The molecule has 0 amide bonds. The van der Waals surface area contributed by atoms with Crippen molar-refractivity contribution in [2.45, 2.75) is 31.9 Å². The minimum Gasteiger partial charge on any atom is -0.496 e. The van der Waals surface area contributed by atoms with Gasteiger partial charge in [-0.05, 0) is 38.9 Å². The van der Waals surface area contributed by atoms with Crippen molar-refractivity contribution in [3.63, 3.8) is 0 Å². The van der Waals surface area contributed by atoms with Gasteiger partial charge in [0.25, 0.3) is 0 Å². The lowest BCUT2D eigenvalue weighted by atomic mass is 10.0. The quantitative estimate of drug-likeness (QED) is 0.868. The molecule has 1 heterocycles. The Kier molecular flexibility index (Phi) is 4.02. The first kappa shape index (κ1) is 12.4. The maximum absolute atomic E-state index is 10.4. The van der Waals surface area contributed by atoms with Crippen molar-refractivity contribution in [3.05, 3.63) is 29.8 Å². The summed E-state index contributed by atoms with van der Waals surface area (Å²) in [5.41, 5.74) is 0.884. The van der Waals surface area contributed by atoms with Crippen LogP contribution in [0, 0.1) is 0 Å². The Balaban J connectivity index is 2.14. The van der Waals surface area contributed by atoms with Crippen molar-refractivity contribution in [2.24, 2.45) is 0 Å². The van der Waals surface area contributed by atoms with Gasteiger partial charge >= 0.3 is 0 Å². The predicted octanol–water partition coefficient (Wildman–Crippen LogP) is 2.21. The van der Waals surface area contributed by atoms with E-state index >= 15 is 0 Å². The van der Waals surface area contributed by atoms with Crippen LogP contribution in [0.4, 0.5) is 0 Å². The summed E-state index contributed by atoms with van der Waals surface area (Å²) < 4.78 is 5.30. The molecule has 0 aliphatic carbocycles. The first-order chi connectivity index (χ1) is 8.24. The van der Waals surface area contributed by atoms with Crippen LogP contribution in [0.15, 0.2) is 24.3 Å². The van der Waals surface area contributed by atoms with Crippen LogP contribution in [-0.2, 0) is 0 Å². The zero-order chi connectivity index (χ0) is 12.3. The number of benzene rings is 1. The van der Waals surface area contributed by atoms with E-state index in [1.54, 1.807) is 7.11 Å². The Labute approximate surface area is 103 Å². The van der Waals surface area contributed by atoms with Gasteiger partial charge in [-0.15, -0.1) is 0 Å². The monoisotopic (exact) mass is 235 g/mol. The highest BCUT2D eigenvalue weighted by atomic mass is 16.5. The zero-order valence-corrected chi connectivity index (χ0v) is 10.6. The largest absolute Gasteiger partial charge is 0.496 e. The van der Waals surface area contributed by atoms with Crippen molar-refractivity contribution in [2.75, 3.05) is 20.2 Å². The average Bonchev–Trinajstić information content (AvgIpc) is 2.90. The molecule has 0 radical (unpaired) electrons. The van der Waals surface area contributed by atoms with E-state index in [4.69, 9.17) is 4.74 Å². The SMILES string of the molecule is COc1ccccc1C(O)C(C)N1CCCC1. The maximum Gasteiger partial charge on any atom is 0.124 e. The minimum absolute atomic E-state index is 0.147. The third-order valence-electron chi connectivity index (χ3n) is 3.63. The van der Waals surface area contributed by atoms with E-state index in [2.05, 4.69) is 11.8 Å². The summed E-state index contributed by atoms with van der Waals surface area (Å²) in [5, 5.41) is 10.4. The van der Waals surface area contributed by atoms with Crippen LogP contribution in [-0.4, -0.2) is 36.2 Å². The van der Waals surface area contributed by atoms with Gasteiger partial charge in [0.1, 0.15) is 5.75 Å². The molecule has 0 saturated carbocycles. The van der Waals surface area contributed by atoms with E-state index in [1.165, 1.54) is 12.8 Å². The molecule has 1 N–H and O–H groups in total. The van der Waals surface area contributed by atoms with Crippen molar-refractivity contribution in [1.82, 2.24) is 4.90 Å². The molecule has 1 fully saturated rings. The number of ether oxygens (including phenoxy) is 1. The number of aliphatic hydroxyl groups is 1. The molecular weight excluding hydrogens is 214 g/mol. The van der Waals surface area contributed by atoms with Crippen LogP contribution in [0.5, 0.6) is 5.75 Å². The maximum atomic E-state index is 10.4. The van der Waals surface area contributed by atoms with Crippen LogP contribution in [0.1, 0.15) is 31.4 Å². The topological polar surface area (TPSA) is 32.7 Å². The van der Waals surface area contributed by atoms with Gasteiger partial charge in [0.15, 0.2) is 0 Å². The lowest BCUT2D eigenvalue weighted by molar-refractivity contribution is 0.0696. The molecule has 0 aromatic heterocycles. The second-order valence-electron chi connectivity index (χ2n) is 4.67. The van der Waals surface area contributed by atoms with Crippen LogP contribution in [0.3, 0.4) is 0 Å². The Hall–Kier alpha value is -1.06. The van der Waals surface area contributed by atoms with Crippen molar-refractivity contribution in [3.8, 4) is 5.75 Å². The number of likely N-dealkylation sites (tertiary alicyclic amines) is 1. The number of para-hydroxylation sites is 1. The molecule has 2 atom stereocenters. The van der Waals surface area contributed by atoms with Crippen molar-refractivity contribution < 1.29 is 9.84 Å². The summed E-state index contributed by atoms with van der Waals surface area (Å²) in [6, 6.07) is 7.85. The standard InChI is InChI=1S/C14H21NO2/c1-11(15-9-5-6-10-15)14(16)12-7-3-4-8-13(12)17-2/h3-4,7-8,11,14,16H,5-6,9-10H2,1-2H3. The first-order valence-electron chi connectivity index (χ1n) is 6.29. The number of hydrogen-bond donors (Lipinski definition) is 1. The van der Waals surface area contributed by atoms with E-state index in [0.29, 0.717) is 0 Å². The van der Waals surface area contributed by atoms with Gasteiger partial charge in [0.2, 0.25) is 0 Å². The molecule has 1 aliphatic rings. The van der Waals surface area contributed by atoms with E-state index < -0.39 is 6.10 Å². The molecule has 94 valence electrons. The fraction of sp³-hybridized carbons (Fsp3) is 0.571. The number of hydrogen-bond acceptors (Lipinski definition) is 3. The Morgan fingerprint density at radius 3 is 2.53 bits per heavy atom. The molecule has 2 unspecified atom stereocenters. The fourth-order valence-electron chi connectivity index (χ4n) is 2.52. The number of nitrogens with zero attached hydrogens (tertiary/aromatic N) is 1.